The maximum Gasteiger partial charge on any atom is 0.242 e. The summed E-state index contributed by atoms with van der Waals surface area (Å²) in [5.41, 5.74) is 0.995. The van der Waals surface area contributed by atoms with Gasteiger partial charge >= 0.3 is 0 Å². The number of hydrogen-bond acceptors (Lipinski definition) is 7. The molecule has 2 aromatic carbocycles. The number of ether oxygens (including phenoxy) is 2. The van der Waals surface area contributed by atoms with E-state index in [0.29, 0.717) is 23.4 Å². The smallest absolute Gasteiger partial charge is 0.242 e. The van der Waals surface area contributed by atoms with E-state index < -0.39 is 10.0 Å². The van der Waals surface area contributed by atoms with Crippen LogP contribution in [0.2, 0.25) is 0 Å². The van der Waals surface area contributed by atoms with E-state index in [-0.39, 0.29) is 18.1 Å². The average molecular weight is 406 g/mol. The highest BCUT2D eigenvalue weighted by molar-refractivity contribution is 7.89. The van der Waals surface area contributed by atoms with Gasteiger partial charge in [0, 0.05) is 14.1 Å². The Morgan fingerprint density at radius 1 is 1.00 bits per heavy atom. The van der Waals surface area contributed by atoms with Crippen molar-refractivity contribution < 1.29 is 22.7 Å². The van der Waals surface area contributed by atoms with Gasteiger partial charge in [0.2, 0.25) is 10.0 Å². The van der Waals surface area contributed by atoms with E-state index in [9.17, 15) is 8.42 Å². The van der Waals surface area contributed by atoms with E-state index in [1.165, 1.54) is 31.1 Å². The Morgan fingerprint density at radius 2 is 1.68 bits per heavy atom. The third kappa shape index (κ3) is 4.34. The quantitative estimate of drug-likeness (QED) is 0.498. The zero-order chi connectivity index (χ0) is 20.1. The van der Waals surface area contributed by atoms with E-state index >= 15 is 0 Å². The first kappa shape index (κ1) is 19.9. The molecule has 0 N–H and O–H groups in total. The molecule has 0 aliphatic heterocycles. The summed E-state index contributed by atoms with van der Waals surface area (Å²) in [7, 11) is -0.606. The number of sulfonamides is 1. The molecule has 3 rings (SSSR count). The summed E-state index contributed by atoms with van der Waals surface area (Å²) in [6, 6.07) is 11.9. The van der Waals surface area contributed by atoms with Crippen molar-refractivity contribution in [3.05, 3.63) is 42.5 Å². The fourth-order valence-corrected chi connectivity index (χ4v) is 3.35. The Kier molecular flexibility index (Phi) is 6.00. The molecule has 0 saturated heterocycles. The van der Waals surface area contributed by atoms with Crippen LogP contribution in [-0.2, 0) is 10.0 Å². The Hall–Kier alpha value is -2.85. The molecule has 1 heterocycles. The molecular formula is C18H22N4O5S. The van der Waals surface area contributed by atoms with Gasteiger partial charge in [0.15, 0.2) is 6.61 Å². The molecule has 3 aromatic rings. The van der Waals surface area contributed by atoms with Gasteiger partial charge in [-0.05, 0) is 54.6 Å². The van der Waals surface area contributed by atoms with Crippen LogP contribution in [0.25, 0.3) is 11.0 Å². The normalized spacial score (nSPS) is 11.7. The summed E-state index contributed by atoms with van der Waals surface area (Å²) in [6.45, 7) is 3.02. The summed E-state index contributed by atoms with van der Waals surface area (Å²) < 4.78 is 36.7. The van der Waals surface area contributed by atoms with E-state index in [1.54, 1.807) is 6.07 Å². The maximum atomic E-state index is 12.3. The van der Waals surface area contributed by atoms with Crippen molar-refractivity contribution in [3.8, 4) is 11.5 Å². The van der Waals surface area contributed by atoms with Crippen LogP contribution in [0.15, 0.2) is 47.4 Å². The highest BCUT2D eigenvalue weighted by Crippen LogP contribution is 2.19. The van der Waals surface area contributed by atoms with Crippen LogP contribution in [0.4, 0.5) is 0 Å². The highest BCUT2D eigenvalue weighted by atomic mass is 32.2. The lowest BCUT2D eigenvalue weighted by atomic mass is 10.3. The number of rotatable bonds is 9. The van der Waals surface area contributed by atoms with Crippen molar-refractivity contribution >= 4 is 21.1 Å². The van der Waals surface area contributed by atoms with Crippen molar-refractivity contribution in [2.45, 2.75) is 11.8 Å². The largest absolute Gasteiger partial charge is 0.494 e. The fourth-order valence-electron chi connectivity index (χ4n) is 2.43. The summed E-state index contributed by atoms with van der Waals surface area (Å²) in [6.07, 6.45) is 0. The molecule has 0 radical (unpaired) electrons. The van der Waals surface area contributed by atoms with Crippen LogP contribution in [0.5, 0.6) is 11.5 Å². The van der Waals surface area contributed by atoms with Gasteiger partial charge in [0.05, 0.1) is 11.5 Å². The molecule has 9 nitrogen and oxygen atoms in total. The number of hydrogen-bond donors (Lipinski definition) is 0. The van der Waals surface area contributed by atoms with Crippen molar-refractivity contribution in [2.75, 3.05) is 33.9 Å². The molecular weight excluding hydrogens is 384 g/mol. The third-order valence-corrected chi connectivity index (χ3v) is 5.68. The standard InChI is InChI=1S/C18H22N4O5S/c1-4-25-14-5-7-15(8-6-14)26-11-12-27-22-18-13-16(28(23,24)21(2)3)9-10-17(18)19-20-22/h5-10,13H,4,11-12H2,1-3H3. The fraction of sp³-hybridized carbons (Fsp3) is 0.333. The first-order chi connectivity index (χ1) is 13.4. The summed E-state index contributed by atoms with van der Waals surface area (Å²) >= 11 is 0. The molecule has 0 amide bonds. The first-order valence-corrected chi connectivity index (χ1v) is 10.1. The van der Waals surface area contributed by atoms with Crippen LogP contribution in [0, 0.1) is 0 Å². The van der Waals surface area contributed by atoms with Crippen LogP contribution >= 0.6 is 0 Å². The molecule has 10 heteroatoms. The molecule has 0 aliphatic rings. The van der Waals surface area contributed by atoms with Gasteiger partial charge in [0.1, 0.15) is 29.1 Å². The van der Waals surface area contributed by atoms with Crippen molar-refractivity contribution in [3.63, 3.8) is 0 Å². The predicted octanol–water partition coefficient (Wildman–Crippen LogP) is 1.59. The maximum absolute atomic E-state index is 12.3. The predicted molar refractivity (Wildman–Crippen MR) is 103 cm³/mol. The molecule has 0 fully saturated rings. The molecule has 1 aromatic heterocycles. The van der Waals surface area contributed by atoms with Crippen LogP contribution in [-0.4, -0.2) is 61.8 Å². The second kappa shape index (κ2) is 8.44. The van der Waals surface area contributed by atoms with E-state index in [2.05, 4.69) is 10.3 Å². The number of nitrogens with zero attached hydrogens (tertiary/aromatic N) is 4. The van der Waals surface area contributed by atoms with Gasteiger partial charge < -0.3 is 14.3 Å². The lowest BCUT2D eigenvalue weighted by Gasteiger charge is -2.11. The minimum Gasteiger partial charge on any atom is -0.494 e. The van der Waals surface area contributed by atoms with E-state index in [0.717, 1.165) is 10.1 Å². The molecule has 0 bridgehead atoms. The first-order valence-electron chi connectivity index (χ1n) is 8.69. The van der Waals surface area contributed by atoms with Crippen LogP contribution in [0.3, 0.4) is 0 Å². The zero-order valence-electron chi connectivity index (χ0n) is 15.9. The molecule has 150 valence electrons. The Bertz CT molecular complexity index is 1030. The van der Waals surface area contributed by atoms with Crippen molar-refractivity contribution in [1.29, 1.82) is 0 Å². The number of fused-ring (bicyclic) bond motifs is 1. The molecule has 0 aliphatic carbocycles. The van der Waals surface area contributed by atoms with Gasteiger partial charge in [-0.25, -0.2) is 12.7 Å². The SMILES string of the molecule is CCOc1ccc(OCCOn2nnc3ccc(S(=O)(=O)N(C)C)cc32)cc1. The minimum absolute atomic E-state index is 0.141. The van der Waals surface area contributed by atoms with Gasteiger partial charge in [-0.2, -0.15) is 0 Å². The number of aromatic nitrogens is 3. The lowest BCUT2D eigenvalue weighted by Crippen LogP contribution is -2.22. The van der Waals surface area contributed by atoms with Gasteiger partial charge in [-0.15, -0.1) is 5.10 Å². The van der Waals surface area contributed by atoms with E-state index in [1.807, 2.05) is 31.2 Å². The number of benzene rings is 2. The van der Waals surface area contributed by atoms with Crippen molar-refractivity contribution in [2.24, 2.45) is 0 Å². The van der Waals surface area contributed by atoms with Crippen LogP contribution in [0.1, 0.15) is 6.92 Å². The average Bonchev–Trinajstić information content (AvgIpc) is 3.09. The topological polar surface area (TPSA) is 95.8 Å². The Morgan fingerprint density at radius 3 is 2.32 bits per heavy atom. The monoisotopic (exact) mass is 406 g/mol. The lowest BCUT2D eigenvalue weighted by molar-refractivity contribution is 0.0639. The second-order valence-corrected chi connectivity index (χ2v) is 8.14. The second-order valence-electron chi connectivity index (χ2n) is 5.99. The molecule has 28 heavy (non-hydrogen) atoms. The van der Waals surface area contributed by atoms with Gasteiger partial charge in [0.25, 0.3) is 0 Å². The van der Waals surface area contributed by atoms with Crippen molar-refractivity contribution in [1.82, 2.24) is 19.5 Å². The molecule has 0 atom stereocenters. The van der Waals surface area contributed by atoms with Crippen LogP contribution < -0.4 is 14.3 Å². The molecule has 0 spiro atoms. The summed E-state index contributed by atoms with van der Waals surface area (Å²) in [5.74, 6) is 1.47. The molecule has 0 saturated carbocycles. The Balaban J connectivity index is 1.63. The third-order valence-electron chi connectivity index (χ3n) is 3.87. The highest BCUT2D eigenvalue weighted by Gasteiger charge is 2.19. The minimum atomic E-state index is -3.56. The Labute approximate surface area is 163 Å². The molecule has 0 unspecified atom stereocenters. The summed E-state index contributed by atoms with van der Waals surface area (Å²) in [5, 5.41) is 7.88. The van der Waals surface area contributed by atoms with Gasteiger partial charge in [-0.3, -0.25) is 0 Å². The van der Waals surface area contributed by atoms with Gasteiger partial charge in [-0.1, -0.05) is 4.85 Å². The summed E-state index contributed by atoms with van der Waals surface area (Å²) in [4.78, 5) is 6.90. The zero-order valence-corrected chi connectivity index (χ0v) is 16.7. The van der Waals surface area contributed by atoms with E-state index in [4.69, 9.17) is 14.3 Å².